The molecule has 0 spiro atoms. The lowest BCUT2D eigenvalue weighted by Gasteiger charge is -2.43. The molecule has 1 aliphatic heterocycles. The quantitative estimate of drug-likeness (QED) is 0.787. The van der Waals surface area contributed by atoms with E-state index in [0.29, 0.717) is 13.0 Å². The molecule has 1 aliphatic carbocycles. The van der Waals surface area contributed by atoms with Gasteiger partial charge >= 0.3 is 0 Å². The fraction of sp³-hybridized carbons (Fsp3) is 0.867. The number of ether oxygens (including phenoxy) is 2. The molecule has 1 amide bonds. The zero-order chi connectivity index (χ0) is 16.4. The molecule has 8 heteroatoms. The van der Waals surface area contributed by atoms with Gasteiger partial charge in [0.05, 0.1) is 24.3 Å². The summed E-state index contributed by atoms with van der Waals surface area (Å²) in [5.41, 5.74) is -0.199. The van der Waals surface area contributed by atoms with E-state index in [9.17, 15) is 4.79 Å². The first-order chi connectivity index (χ1) is 11.1. The number of amides is 1. The topological polar surface area (TPSA) is 82.4 Å². The molecule has 0 radical (unpaired) electrons. The van der Waals surface area contributed by atoms with Gasteiger partial charge in [-0.2, -0.15) is 0 Å². The Labute approximate surface area is 136 Å². The highest BCUT2D eigenvalue weighted by Gasteiger charge is 2.52. The van der Waals surface area contributed by atoms with Crippen LogP contribution in [0.15, 0.2) is 0 Å². The standard InChI is InChI=1S/C15H25N5O3/c1-11-16-17-18-20(11)8-5-14(21)19-9-7-15(23-3)6-4-12(22-2)10-13(15)19/h12-13H,4-10H2,1-3H3. The Balaban J connectivity index is 1.67. The third kappa shape index (κ3) is 2.97. The highest BCUT2D eigenvalue weighted by atomic mass is 16.5. The van der Waals surface area contributed by atoms with E-state index in [1.807, 2.05) is 11.8 Å². The molecule has 0 N–H and O–H groups in total. The first-order valence-corrected chi connectivity index (χ1v) is 8.20. The van der Waals surface area contributed by atoms with Gasteiger partial charge in [-0.3, -0.25) is 4.79 Å². The van der Waals surface area contributed by atoms with Crippen LogP contribution < -0.4 is 0 Å². The average molecular weight is 323 g/mol. The predicted octanol–water partition coefficient (Wildman–Crippen LogP) is 0.557. The van der Waals surface area contributed by atoms with Crippen molar-refractivity contribution in [3.63, 3.8) is 0 Å². The molecular weight excluding hydrogens is 298 g/mol. The van der Waals surface area contributed by atoms with Gasteiger partial charge in [-0.15, -0.1) is 5.10 Å². The molecule has 2 heterocycles. The van der Waals surface area contributed by atoms with Gasteiger partial charge in [0.1, 0.15) is 5.82 Å². The molecule has 0 aromatic carbocycles. The summed E-state index contributed by atoms with van der Waals surface area (Å²) in [6.45, 7) is 3.09. The van der Waals surface area contributed by atoms with Crippen molar-refractivity contribution in [2.45, 2.75) is 63.3 Å². The maximum atomic E-state index is 12.7. The van der Waals surface area contributed by atoms with Crippen molar-refractivity contribution < 1.29 is 14.3 Å². The monoisotopic (exact) mass is 323 g/mol. The highest BCUT2D eigenvalue weighted by Crippen LogP contribution is 2.43. The predicted molar refractivity (Wildman–Crippen MR) is 81.7 cm³/mol. The van der Waals surface area contributed by atoms with Crippen molar-refractivity contribution in [2.24, 2.45) is 0 Å². The van der Waals surface area contributed by atoms with Crippen LogP contribution in [0.1, 0.15) is 37.9 Å². The number of carbonyl (C=O) groups excluding carboxylic acids is 1. The Kier molecular flexibility index (Phi) is 4.63. The van der Waals surface area contributed by atoms with Crippen LogP contribution in [0.2, 0.25) is 0 Å². The zero-order valence-corrected chi connectivity index (χ0v) is 14.1. The van der Waals surface area contributed by atoms with Crippen molar-refractivity contribution in [3.8, 4) is 0 Å². The van der Waals surface area contributed by atoms with Gasteiger partial charge in [0, 0.05) is 27.2 Å². The number of aromatic nitrogens is 4. The maximum absolute atomic E-state index is 12.7. The minimum absolute atomic E-state index is 0.105. The molecule has 3 atom stereocenters. The van der Waals surface area contributed by atoms with E-state index in [2.05, 4.69) is 15.5 Å². The average Bonchev–Trinajstić information content (AvgIpc) is 3.15. The number of hydrogen-bond acceptors (Lipinski definition) is 6. The SMILES string of the molecule is COC1CCC2(OC)CCN(C(=O)CCn3nnnc3C)C2C1. The van der Waals surface area contributed by atoms with Crippen LogP contribution in [0.3, 0.4) is 0 Å². The lowest BCUT2D eigenvalue weighted by Crippen LogP contribution is -2.53. The van der Waals surface area contributed by atoms with Crippen LogP contribution in [-0.2, 0) is 20.8 Å². The smallest absolute Gasteiger partial charge is 0.224 e. The van der Waals surface area contributed by atoms with Crippen LogP contribution in [0.5, 0.6) is 0 Å². The fourth-order valence-corrected chi connectivity index (χ4v) is 3.98. The van der Waals surface area contributed by atoms with Crippen molar-refractivity contribution in [2.75, 3.05) is 20.8 Å². The molecule has 1 aromatic rings. The van der Waals surface area contributed by atoms with Gasteiger partial charge < -0.3 is 14.4 Å². The summed E-state index contributed by atoms with van der Waals surface area (Å²) in [5.74, 6) is 0.864. The number of carbonyl (C=O) groups is 1. The molecule has 1 saturated heterocycles. The first kappa shape index (κ1) is 16.3. The van der Waals surface area contributed by atoms with Gasteiger partial charge in [-0.05, 0) is 43.0 Å². The van der Waals surface area contributed by atoms with Crippen LogP contribution >= 0.6 is 0 Å². The van der Waals surface area contributed by atoms with Gasteiger partial charge in [-0.1, -0.05) is 0 Å². The largest absolute Gasteiger partial charge is 0.381 e. The fourth-order valence-electron chi connectivity index (χ4n) is 3.98. The second-order valence-corrected chi connectivity index (χ2v) is 6.45. The van der Waals surface area contributed by atoms with Crippen LogP contribution in [0, 0.1) is 6.92 Å². The summed E-state index contributed by atoms with van der Waals surface area (Å²) in [6.07, 6.45) is 4.30. The number of fused-ring (bicyclic) bond motifs is 1. The Morgan fingerprint density at radius 2 is 2.22 bits per heavy atom. The summed E-state index contributed by atoms with van der Waals surface area (Å²) in [4.78, 5) is 14.7. The lowest BCUT2D eigenvalue weighted by atomic mass is 9.79. The Bertz CT molecular complexity index is 563. The van der Waals surface area contributed by atoms with E-state index in [1.165, 1.54) is 0 Å². The van der Waals surface area contributed by atoms with E-state index in [4.69, 9.17) is 9.47 Å². The number of tetrazole rings is 1. The summed E-state index contributed by atoms with van der Waals surface area (Å²) in [6, 6.07) is 0.105. The Morgan fingerprint density at radius 3 is 2.87 bits per heavy atom. The summed E-state index contributed by atoms with van der Waals surface area (Å²) >= 11 is 0. The van der Waals surface area contributed by atoms with E-state index in [1.54, 1.807) is 18.9 Å². The van der Waals surface area contributed by atoms with E-state index < -0.39 is 0 Å². The van der Waals surface area contributed by atoms with Crippen LogP contribution in [0.25, 0.3) is 0 Å². The van der Waals surface area contributed by atoms with Gasteiger partial charge in [0.2, 0.25) is 5.91 Å². The van der Waals surface area contributed by atoms with Crippen molar-refractivity contribution >= 4 is 5.91 Å². The normalized spacial score (nSPS) is 30.5. The molecule has 23 heavy (non-hydrogen) atoms. The summed E-state index contributed by atoms with van der Waals surface area (Å²) in [7, 11) is 3.50. The second-order valence-electron chi connectivity index (χ2n) is 6.45. The first-order valence-electron chi connectivity index (χ1n) is 8.20. The molecule has 1 saturated carbocycles. The number of rotatable bonds is 5. The van der Waals surface area contributed by atoms with E-state index >= 15 is 0 Å². The summed E-state index contributed by atoms with van der Waals surface area (Å²) in [5, 5.41) is 11.3. The van der Waals surface area contributed by atoms with Crippen LogP contribution in [0.4, 0.5) is 0 Å². The highest BCUT2D eigenvalue weighted by molar-refractivity contribution is 5.77. The van der Waals surface area contributed by atoms with Gasteiger partial charge in [-0.25, -0.2) is 4.68 Å². The number of nitrogens with zero attached hydrogens (tertiary/aromatic N) is 5. The van der Waals surface area contributed by atoms with Crippen molar-refractivity contribution in [1.29, 1.82) is 0 Å². The third-order valence-electron chi connectivity index (χ3n) is 5.44. The molecule has 0 bridgehead atoms. The number of methoxy groups -OCH3 is 2. The molecule has 8 nitrogen and oxygen atoms in total. The second kappa shape index (κ2) is 6.52. The molecule has 2 fully saturated rings. The van der Waals surface area contributed by atoms with E-state index in [0.717, 1.165) is 38.1 Å². The van der Waals surface area contributed by atoms with Gasteiger partial charge in [0.15, 0.2) is 0 Å². The summed E-state index contributed by atoms with van der Waals surface area (Å²) < 4.78 is 13.0. The Hall–Kier alpha value is -1.54. The maximum Gasteiger partial charge on any atom is 0.224 e. The van der Waals surface area contributed by atoms with E-state index in [-0.39, 0.29) is 23.7 Å². The lowest BCUT2D eigenvalue weighted by molar-refractivity contribution is -0.141. The molecular formula is C15H25N5O3. The molecule has 2 aliphatic rings. The molecule has 3 unspecified atom stereocenters. The minimum atomic E-state index is -0.199. The molecule has 1 aromatic heterocycles. The Morgan fingerprint density at radius 1 is 1.39 bits per heavy atom. The van der Waals surface area contributed by atoms with Crippen LogP contribution in [-0.4, -0.2) is 69.5 Å². The number of likely N-dealkylation sites (tertiary alicyclic amines) is 1. The minimum Gasteiger partial charge on any atom is -0.381 e. The third-order valence-corrected chi connectivity index (χ3v) is 5.44. The molecule has 128 valence electrons. The van der Waals surface area contributed by atoms with Gasteiger partial charge in [0.25, 0.3) is 0 Å². The number of hydrogen-bond donors (Lipinski definition) is 0. The zero-order valence-electron chi connectivity index (χ0n) is 14.1. The van der Waals surface area contributed by atoms with Crippen molar-refractivity contribution in [1.82, 2.24) is 25.1 Å². The number of aryl methyl sites for hydroxylation is 2. The molecule has 3 rings (SSSR count). The van der Waals surface area contributed by atoms with Crippen molar-refractivity contribution in [3.05, 3.63) is 5.82 Å².